The summed E-state index contributed by atoms with van der Waals surface area (Å²) in [5, 5.41) is 9.10. The summed E-state index contributed by atoms with van der Waals surface area (Å²) in [6.45, 7) is 10.4. The van der Waals surface area contributed by atoms with Crippen molar-refractivity contribution in [1.29, 1.82) is 0 Å². The van der Waals surface area contributed by atoms with E-state index in [4.69, 9.17) is 14.6 Å². The Morgan fingerprint density at radius 3 is 2.59 bits per heavy atom. The van der Waals surface area contributed by atoms with E-state index in [-0.39, 0.29) is 5.75 Å². The number of rotatable bonds is 4. The van der Waals surface area contributed by atoms with Gasteiger partial charge in [0.25, 0.3) is 0 Å². The molecule has 5 heteroatoms. The van der Waals surface area contributed by atoms with Crippen LogP contribution in [-0.2, 0) is 0 Å². The van der Waals surface area contributed by atoms with Crippen LogP contribution >= 0.6 is 11.8 Å². The molecule has 1 fully saturated rings. The molecule has 2 aromatic rings. The fraction of sp³-hybridized carbons (Fsp3) is 0.417. The Labute approximate surface area is 179 Å². The summed E-state index contributed by atoms with van der Waals surface area (Å²) in [4.78, 5) is 3.61. The number of thioether (sulfide) groups is 1. The number of benzene rings is 2. The van der Waals surface area contributed by atoms with Gasteiger partial charge in [-0.2, -0.15) is 0 Å². The molecule has 0 aromatic heterocycles. The highest BCUT2D eigenvalue weighted by molar-refractivity contribution is 7.99. The number of hydrogen-bond donors (Lipinski definition) is 1. The lowest BCUT2D eigenvalue weighted by molar-refractivity contribution is 0.183. The number of piperidine rings is 1. The van der Waals surface area contributed by atoms with E-state index in [9.17, 15) is 0 Å². The Hall–Kier alpha value is -2.11. The number of likely N-dealkylation sites (tertiary alicyclic amines) is 1. The van der Waals surface area contributed by atoms with E-state index >= 15 is 0 Å². The van der Waals surface area contributed by atoms with Crippen molar-refractivity contribution in [3.63, 3.8) is 0 Å². The number of aromatic hydroxyl groups is 1. The maximum atomic E-state index is 9.10. The maximum Gasteiger partial charge on any atom is 0.136 e. The van der Waals surface area contributed by atoms with Crippen LogP contribution in [0.3, 0.4) is 0 Å². The molecule has 0 spiro atoms. The molecule has 0 bridgehead atoms. The quantitative estimate of drug-likeness (QED) is 0.657. The Morgan fingerprint density at radius 1 is 1.14 bits per heavy atom. The van der Waals surface area contributed by atoms with Gasteiger partial charge in [0.15, 0.2) is 0 Å². The van der Waals surface area contributed by atoms with E-state index in [1.54, 1.807) is 30.0 Å². The van der Waals surface area contributed by atoms with Crippen LogP contribution in [0.1, 0.15) is 26.2 Å². The van der Waals surface area contributed by atoms with Gasteiger partial charge in [0, 0.05) is 23.3 Å². The molecule has 2 heterocycles. The Kier molecular flexibility index (Phi) is 11.2. The first-order valence-corrected chi connectivity index (χ1v) is 11.3. The van der Waals surface area contributed by atoms with Gasteiger partial charge in [-0.05, 0) is 57.1 Å². The van der Waals surface area contributed by atoms with Gasteiger partial charge in [-0.1, -0.05) is 30.7 Å². The Balaban J connectivity index is 0.000000189. The molecular formula is C24H33NO3S. The predicted molar refractivity (Wildman–Crippen MR) is 122 cm³/mol. The molecule has 0 saturated carbocycles. The molecule has 0 radical (unpaired) electrons. The highest BCUT2D eigenvalue weighted by Crippen LogP contribution is 2.35. The van der Waals surface area contributed by atoms with Gasteiger partial charge in [0.2, 0.25) is 0 Å². The summed E-state index contributed by atoms with van der Waals surface area (Å²) >= 11 is 1.76. The van der Waals surface area contributed by atoms with Crippen LogP contribution in [0.5, 0.6) is 17.2 Å². The number of fused-ring (bicyclic) bond motifs is 1. The van der Waals surface area contributed by atoms with Gasteiger partial charge in [-0.15, -0.1) is 18.3 Å². The van der Waals surface area contributed by atoms with Crippen molar-refractivity contribution in [2.24, 2.45) is 0 Å². The van der Waals surface area contributed by atoms with Crippen molar-refractivity contribution in [2.45, 2.75) is 31.1 Å². The van der Waals surface area contributed by atoms with Crippen molar-refractivity contribution < 1.29 is 14.6 Å². The van der Waals surface area contributed by atoms with Gasteiger partial charge < -0.3 is 14.6 Å². The lowest BCUT2D eigenvalue weighted by Gasteiger charge is -2.26. The zero-order valence-electron chi connectivity index (χ0n) is 17.4. The van der Waals surface area contributed by atoms with Gasteiger partial charge in [0.05, 0.1) is 6.61 Å². The van der Waals surface area contributed by atoms with E-state index in [1.165, 1.54) is 32.4 Å². The van der Waals surface area contributed by atoms with E-state index < -0.39 is 0 Å². The number of allylic oxidation sites excluding steroid dienone is 1. The molecule has 2 aromatic carbocycles. The zero-order chi connectivity index (χ0) is 20.7. The van der Waals surface area contributed by atoms with E-state index in [0.717, 1.165) is 41.9 Å². The van der Waals surface area contributed by atoms with Crippen molar-refractivity contribution >= 4 is 11.8 Å². The van der Waals surface area contributed by atoms with E-state index in [0.29, 0.717) is 0 Å². The summed E-state index contributed by atoms with van der Waals surface area (Å²) < 4.78 is 11.0. The minimum absolute atomic E-state index is 0.270. The van der Waals surface area contributed by atoms with Crippen LogP contribution in [-0.4, -0.2) is 48.6 Å². The van der Waals surface area contributed by atoms with E-state index in [2.05, 4.69) is 11.5 Å². The molecule has 0 atom stereocenters. The van der Waals surface area contributed by atoms with Crippen LogP contribution in [0.15, 0.2) is 66.1 Å². The first-order chi connectivity index (χ1) is 14.2. The summed E-state index contributed by atoms with van der Waals surface area (Å²) in [5.41, 5.74) is 0. The van der Waals surface area contributed by atoms with Gasteiger partial charge in [-0.3, -0.25) is 4.90 Å². The smallest absolute Gasteiger partial charge is 0.136 e. The highest BCUT2D eigenvalue weighted by atomic mass is 32.2. The molecule has 4 nitrogen and oxygen atoms in total. The fourth-order valence-corrected chi connectivity index (χ4v) is 3.84. The van der Waals surface area contributed by atoms with Crippen molar-refractivity contribution in [3.8, 4) is 17.2 Å². The van der Waals surface area contributed by atoms with Crippen molar-refractivity contribution in [1.82, 2.24) is 4.90 Å². The number of nitrogens with zero attached hydrogens (tertiary/aromatic N) is 1. The van der Waals surface area contributed by atoms with Crippen LogP contribution in [0.4, 0.5) is 0 Å². The largest absolute Gasteiger partial charge is 0.508 e. The van der Waals surface area contributed by atoms with Crippen LogP contribution < -0.4 is 9.47 Å². The number of phenols is 1. The lowest BCUT2D eigenvalue weighted by Crippen LogP contribution is -2.33. The summed E-state index contributed by atoms with van der Waals surface area (Å²) in [7, 11) is 0. The van der Waals surface area contributed by atoms with Crippen LogP contribution in [0.25, 0.3) is 0 Å². The van der Waals surface area contributed by atoms with E-state index in [1.807, 2.05) is 43.3 Å². The van der Waals surface area contributed by atoms with Gasteiger partial charge in [-0.25, -0.2) is 0 Å². The minimum Gasteiger partial charge on any atom is -0.508 e. The van der Waals surface area contributed by atoms with Crippen molar-refractivity contribution in [2.75, 3.05) is 38.6 Å². The molecule has 4 rings (SSSR count). The van der Waals surface area contributed by atoms with Gasteiger partial charge in [0.1, 0.15) is 23.9 Å². The SMILES string of the molecule is C=CC.Oc1ccc2c(c1)OCCS2.c1ccc(OCCN2CCCCC2)cc1. The van der Waals surface area contributed by atoms with Gasteiger partial charge >= 0.3 is 0 Å². The monoisotopic (exact) mass is 415 g/mol. The van der Waals surface area contributed by atoms with Crippen LogP contribution in [0, 0.1) is 0 Å². The molecule has 2 aliphatic rings. The second kappa shape index (κ2) is 14.0. The first-order valence-electron chi connectivity index (χ1n) is 10.3. The average Bonchev–Trinajstić information content (AvgIpc) is 2.76. The standard InChI is InChI=1S/C13H19NO.C8H8O2S.C3H6/c1-3-7-13(8-4-1)15-12-11-14-9-5-2-6-10-14;9-6-1-2-8-7(5-6)10-3-4-11-8;1-3-2/h1,3-4,7-8H,2,5-6,9-12H2;1-2,5,9H,3-4H2;3H,1H2,2H3. The third-order valence-electron chi connectivity index (χ3n) is 4.39. The molecular weight excluding hydrogens is 382 g/mol. The first kappa shape index (κ1) is 23.2. The Morgan fingerprint density at radius 2 is 1.86 bits per heavy atom. The third kappa shape index (κ3) is 9.29. The molecule has 0 aliphatic carbocycles. The number of ether oxygens (including phenoxy) is 2. The topological polar surface area (TPSA) is 41.9 Å². The predicted octanol–water partition coefficient (Wildman–Crippen LogP) is 5.62. The molecule has 1 N–H and O–H groups in total. The minimum atomic E-state index is 0.270. The molecule has 158 valence electrons. The molecule has 0 amide bonds. The fourth-order valence-electron chi connectivity index (χ4n) is 3.02. The average molecular weight is 416 g/mol. The molecule has 29 heavy (non-hydrogen) atoms. The van der Waals surface area contributed by atoms with Crippen LogP contribution in [0.2, 0.25) is 0 Å². The maximum absolute atomic E-state index is 9.10. The second-order valence-electron chi connectivity index (χ2n) is 6.80. The molecule has 1 saturated heterocycles. The number of phenolic OH excluding ortho intramolecular Hbond substituents is 1. The second-order valence-corrected chi connectivity index (χ2v) is 7.94. The number of para-hydroxylation sites is 1. The normalized spacial score (nSPS) is 15.3. The molecule has 0 unspecified atom stereocenters. The summed E-state index contributed by atoms with van der Waals surface area (Å²) in [6.07, 6.45) is 5.85. The number of hydrogen-bond acceptors (Lipinski definition) is 5. The summed E-state index contributed by atoms with van der Waals surface area (Å²) in [5.74, 6) is 3.06. The zero-order valence-corrected chi connectivity index (χ0v) is 18.2. The third-order valence-corrected chi connectivity index (χ3v) is 5.41. The molecule has 2 aliphatic heterocycles. The Bertz CT molecular complexity index is 703. The highest BCUT2D eigenvalue weighted by Gasteiger charge is 2.10. The lowest BCUT2D eigenvalue weighted by atomic mass is 10.1. The summed E-state index contributed by atoms with van der Waals surface area (Å²) in [6, 6.07) is 15.3. The van der Waals surface area contributed by atoms with Crippen molar-refractivity contribution in [3.05, 3.63) is 61.2 Å².